The Morgan fingerprint density at radius 1 is 0.875 bits per heavy atom. The molecular formula is C26H22N4OS. The number of aromatic nitrogens is 2. The second kappa shape index (κ2) is 8.40. The standard InChI is InChI=1S/C26H22N4OS/c1-17-13-15-21(16-14-17)30-18(2)22(23(27-26(30)32)19-9-5-3-6-10-19)25-28-24(29-31-25)20-11-7-4-8-12-20/h3-16,23H,1-2H3,(H,27,32). The van der Waals surface area contributed by atoms with Crippen LogP contribution in [0, 0.1) is 6.92 Å². The number of aryl methyl sites for hydroxylation is 1. The molecule has 1 aliphatic rings. The third kappa shape index (κ3) is 3.69. The molecule has 2 heterocycles. The van der Waals surface area contributed by atoms with Gasteiger partial charge in [0.2, 0.25) is 5.82 Å². The minimum absolute atomic E-state index is 0.200. The molecule has 0 saturated carbocycles. The Labute approximate surface area is 192 Å². The van der Waals surface area contributed by atoms with Crippen LogP contribution in [0.25, 0.3) is 17.0 Å². The van der Waals surface area contributed by atoms with E-state index in [1.807, 2.05) is 60.4 Å². The molecule has 0 saturated heterocycles. The number of benzene rings is 3. The van der Waals surface area contributed by atoms with Crippen LogP contribution in [0.2, 0.25) is 0 Å². The number of allylic oxidation sites excluding steroid dienone is 1. The van der Waals surface area contributed by atoms with Crippen molar-refractivity contribution in [2.24, 2.45) is 0 Å². The molecule has 0 bridgehead atoms. The SMILES string of the molecule is CC1=C(c2nc(-c3ccccc3)no2)C(c2ccccc2)NC(=S)N1c1ccc(C)cc1. The molecule has 6 heteroatoms. The summed E-state index contributed by atoms with van der Waals surface area (Å²) in [6.07, 6.45) is 0. The van der Waals surface area contributed by atoms with Crippen LogP contribution in [-0.2, 0) is 0 Å². The molecule has 1 N–H and O–H groups in total. The smallest absolute Gasteiger partial charge is 0.258 e. The van der Waals surface area contributed by atoms with Gasteiger partial charge >= 0.3 is 0 Å². The number of hydrogen-bond donors (Lipinski definition) is 1. The third-order valence-corrected chi connectivity index (χ3v) is 5.90. The van der Waals surface area contributed by atoms with E-state index in [1.165, 1.54) is 5.56 Å². The molecular weight excluding hydrogens is 416 g/mol. The fraction of sp³-hybridized carbons (Fsp3) is 0.115. The first-order valence-corrected chi connectivity index (χ1v) is 10.8. The van der Waals surface area contributed by atoms with Gasteiger partial charge in [0.15, 0.2) is 5.11 Å². The molecule has 0 fully saturated rings. The molecule has 5 nitrogen and oxygen atoms in total. The van der Waals surface area contributed by atoms with Crippen molar-refractivity contribution in [1.82, 2.24) is 15.5 Å². The quantitative estimate of drug-likeness (QED) is 0.400. The van der Waals surface area contributed by atoms with Crippen LogP contribution >= 0.6 is 12.2 Å². The van der Waals surface area contributed by atoms with Gasteiger partial charge in [0.1, 0.15) is 0 Å². The number of anilines is 1. The maximum atomic E-state index is 5.79. The normalized spacial score (nSPS) is 16.2. The van der Waals surface area contributed by atoms with E-state index in [0.717, 1.165) is 28.1 Å². The van der Waals surface area contributed by atoms with Crippen LogP contribution in [0.5, 0.6) is 0 Å². The Bertz CT molecular complexity index is 1280. The van der Waals surface area contributed by atoms with Gasteiger partial charge in [-0.3, -0.25) is 4.90 Å². The number of hydrogen-bond acceptors (Lipinski definition) is 4. The minimum atomic E-state index is -0.200. The number of thiocarbonyl (C=S) groups is 1. The Morgan fingerprint density at radius 2 is 1.53 bits per heavy atom. The minimum Gasteiger partial charge on any atom is -0.351 e. The van der Waals surface area contributed by atoms with Crippen molar-refractivity contribution in [1.29, 1.82) is 0 Å². The highest BCUT2D eigenvalue weighted by Crippen LogP contribution is 2.39. The van der Waals surface area contributed by atoms with E-state index >= 15 is 0 Å². The summed E-state index contributed by atoms with van der Waals surface area (Å²) in [6.45, 7) is 4.12. The number of rotatable bonds is 4. The van der Waals surface area contributed by atoms with E-state index in [-0.39, 0.29) is 6.04 Å². The third-order valence-electron chi connectivity index (χ3n) is 5.60. The molecule has 1 unspecified atom stereocenters. The van der Waals surface area contributed by atoms with E-state index in [4.69, 9.17) is 21.7 Å². The summed E-state index contributed by atoms with van der Waals surface area (Å²) in [5, 5.41) is 8.38. The van der Waals surface area contributed by atoms with Gasteiger partial charge in [0, 0.05) is 16.9 Å². The Balaban J connectivity index is 1.65. The predicted molar refractivity (Wildman–Crippen MR) is 131 cm³/mol. The van der Waals surface area contributed by atoms with Crippen LogP contribution in [0.1, 0.15) is 30.0 Å². The molecule has 0 aliphatic carbocycles. The Hall–Kier alpha value is -3.77. The predicted octanol–water partition coefficient (Wildman–Crippen LogP) is 5.91. The van der Waals surface area contributed by atoms with Crippen molar-refractivity contribution in [3.05, 3.63) is 108 Å². The summed E-state index contributed by atoms with van der Waals surface area (Å²) < 4.78 is 5.79. The number of nitrogens with zero attached hydrogens (tertiary/aromatic N) is 3. The van der Waals surface area contributed by atoms with Gasteiger partial charge in [-0.25, -0.2) is 0 Å². The van der Waals surface area contributed by atoms with Crippen LogP contribution < -0.4 is 10.2 Å². The zero-order chi connectivity index (χ0) is 22.1. The highest BCUT2D eigenvalue weighted by Gasteiger charge is 2.34. The van der Waals surface area contributed by atoms with Crippen molar-refractivity contribution in [2.75, 3.05) is 4.90 Å². The van der Waals surface area contributed by atoms with E-state index in [1.54, 1.807) is 0 Å². The zero-order valence-corrected chi connectivity index (χ0v) is 18.6. The maximum absolute atomic E-state index is 5.79. The lowest BCUT2D eigenvalue weighted by atomic mass is 9.94. The molecule has 158 valence electrons. The summed E-state index contributed by atoms with van der Waals surface area (Å²) in [5.74, 6) is 1.03. The van der Waals surface area contributed by atoms with Crippen molar-refractivity contribution >= 4 is 28.6 Å². The maximum Gasteiger partial charge on any atom is 0.258 e. The average molecular weight is 439 g/mol. The van der Waals surface area contributed by atoms with Crippen LogP contribution in [0.4, 0.5) is 5.69 Å². The fourth-order valence-corrected chi connectivity index (χ4v) is 4.32. The van der Waals surface area contributed by atoms with E-state index in [9.17, 15) is 0 Å². The summed E-state index contributed by atoms with van der Waals surface area (Å²) in [5.41, 5.74) is 6.02. The van der Waals surface area contributed by atoms with Crippen LogP contribution in [0.15, 0.2) is 95.1 Å². The molecule has 4 aromatic rings. The molecule has 0 radical (unpaired) electrons. The lowest BCUT2D eigenvalue weighted by Gasteiger charge is -2.37. The van der Waals surface area contributed by atoms with Crippen molar-refractivity contribution in [3.8, 4) is 11.4 Å². The Kier molecular flexibility index (Phi) is 5.29. The first kappa shape index (κ1) is 20.2. The van der Waals surface area contributed by atoms with Crippen molar-refractivity contribution in [3.63, 3.8) is 0 Å². The fourth-order valence-electron chi connectivity index (χ4n) is 3.96. The lowest BCUT2D eigenvalue weighted by Crippen LogP contribution is -2.46. The van der Waals surface area contributed by atoms with Crippen LogP contribution in [-0.4, -0.2) is 15.3 Å². The molecule has 1 atom stereocenters. The first-order chi connectivity index (χ1) is 15.6. The highest BCUT2D eigenvalue weighted by atomic mass is 32.1. The second-order valence-corrected chi connectivity index (χ2v) is 8.14. The summed E-state index contributed by atoms with van der Waals surface area (Å²) in [7, 11) is 0. The molecule has 1 aromatic heterocycles. The molecule has 0 amide bonds. The van der Waals surface area contributed by atoms with Gasteiger partial charge in [0.05, 0.1) is 11.6 Å². The summed E-state index contributed by atoms with van der Waals surface area (Å²) in [6, 6.07) is 28.1. The largest absolute Gasteiger partial charge is 0.351 e. The van der Waals surface area contributed by atoms with Crippen molar-refractivity contribution in [2.45, 2.75) is 19.9 Å². The molecule has 0 spiro atoms. The lowest BCUT2D eigenvalue weighted by molar-refractivity contribution is 0.404. The van der Waals surface area contributed by atoms with E-state index in [2.05, 4.69) is 53.8 Å². The van der Waals surface area contributed by atoms with E-state index in [0.29, 0.717) is 16.8 Å². The van der Waals surface area contributed by atoms with E-state index < -0.39 is 0 Å². The zero-order valence-electron chi connectivity index (χ0n) is 17.8. The van der Waals surface area contributed by atoms with Gasteiger partial charge in [-0.05, 0) is 43.8 Å². The van der Waals surface area contributed by atoms with Crippen LogP contribution in [0.3, 0.4) is 0 Å². The molecule has 32 heavy (non-hydrogen) atoms. The van der Waals surface area contributed by atoms with Gasteiger partial charge in [0.25, 0.3) is 5.89 Å². The number of nitrogens with one attached hydrogen (secondary N) is 1. The summed E-state index contributed by atoms with van der Waals surface area (Å²) >= 11 is 5.79. The van der Waals surface area contributed by atoms with Crippen molar-refractivity contribution < 1.29 is 4.52 Å². The van der Waals surface area contributed by atoms with Gasteiger partial charge in [-0.15, -0.1) is 0 Å². The summed E-state index contributed by atoms with van der Waals surface area (Å²) in [4.78, 5) is 6.78. The first-order valence-electron chi connectivity index (χ1n) is 10.4. The average Bonchev–Trinajstić information content (AvgIpc) is 3.31. The van der Waals surface area contributed by atoms with Gasteiger partial charge < -0.3 is 9.84 Å². The van der Waals surface area contributed by atoms with Gasteiger partial charge in [-0.2, -0.15) is 4.98 Å². The second-order valence-electron chi connectivity index (χ2n) is 7.75. The Morgan fingerprint density at radius 3 is 2.22 bits per heavy atom. The highest BCUT2D eigenvalue weighted by molar-refractivity contribution is 7.80. The molecule has 1 aliphatic heterocycles. The van der Waals surface area contributed by atoms with Gasteiger partial charge in [-0.1, -0.05) is 83.5 Å². The molecule has 5 rings (SSSR count). The molecule has 3 aromatic carbocycles. The topological polar surface area (TPSA) is 54.2 Å². The monoisotopic (exact) mass is 438 g/mol.